The first-order valence-electron chi connectivity index (χ1n) is 5.46. The molecule has 0 unspecified atom stereocenters. The van der Waals surface area contributed by atoms with Gasteiger partial charge in [0, 0.05) is 22.4 Å². The zero-order chi connectivity index (χ0) is 12.4. The number of rotatable bonds is 3. The van der Waals surface area contributed by atoms with Crippen LogP contribution in [-0.4, -0.2) is 13.3 Å². The second-order valence-electron chi connectivity index (χ2n) is 5.52. The van der Waals surface area contributed by atoms with Gasteiger partial charge in [-0.15, -0.1) is 0 Å². The normalized spacial score (nSPS) is 12.9. The molecule has 0 bridgehead atoms. The first kappa shape index (κ1) is 13.9. The highest BCUT2D eigenvalue weighted by Crippen LogP contribution is 2.37. The van der Waals surface area contributed by atoms with E-state index < -0.39 is 8.32 Å². The van der Waals surface area contributed by atoms with Crippen LogP contribution in [0.25, 0.3) is 0 Å². The minimum atomic E-state index is -1.66. The summed E-state index contributed by atoms with van der Waals surface area (Å²) in [5.74, 6) is 0. The van der Waals surface area contributed by atoms with E-state index in [4.69, 9.17) is 4.43 Å². The van der Waals surface area contributed by atoms with E-state index in [0.717, 1.165) is 10.0 Å². The third-order valence-electron chi connectivity index (χ3n) is 3.24. The highest BCUT2D eigenvalue weighted by molar-refractivity contribution is 9.10. The van der Waals surface area contributed by atoms with Crippen LogP contribution in [0.3, 0.4) is 0 Å². The Morgan fingerprint density at radius 2 is 2.00 bits per heavy atom. The van der Waals surface area contributed by atoms with E-state index in [-0.39, 0.29) is 5.04 Å². The van der Waals surface area contributed by atoms with Crippen molar-refractivity contribution < 1.29 is 4.43 Å². The number of pyridine rings is 1. The van der Waals surface area contributed by atoms with Gasteiger partial charge >= 0.3 is 0 Å². The fourth-order valence-electron chi connectivity index (χ4n) is 0.991. The minimum absolute atomic E-state index is 0.252. The Hall–Kier alpha value is -0.193. The van der Waals surface area contributed by atoms with Crippen molar-refractivity contribution in [3.8, 4) is 0 Å². The van der Waals surface area contributed by atoms with Crippen LogP contribution in [0.1, 0.15) is 26.3 Å². The zero-order valence-corrected chi connectivity index (χ0v) is 13.3. The maximum absolute atomic E-state index is 6.13. The van der Waals surface area contributed by atoms with Gasteiger partial charge < -0.3 is 4.43 Å². The van der Waals surface area contributed by atoms with Crippen LogP contribution in [0, 0.1) is 0 Å². The van der Waals surface area contributed by atoms with Crippen LogP contribution >= 0.6 is 15.9 Å². The molecular formula is C12H20BrNOSi. The van der Waals surface area contributed by atoms with Gasteiger partial charge in [0.25, 0.3) is 0 Å². The maximum atomic E-state index is 6.13. The van der Waals surface area contributed by atoms with Crippen molar-refractivity contribution in [2.75, 3.05) is 0 Å². The monoisotopic (exact) mass is 301 g/mol. The molecule has 0 spiro atoms. The summed E-state index contributed by atoms with van der Waals surface area (Å²) in [7, 11) is -1.66. The van der Waals surface area contributed by atoms with Crippen molar-refractivity contribution in [1.82, 2.24) is 4.98 Å². The summed E-state index contributed by atoms with van der Waals surface area (Å²) in [4.78, 5) is 4.11. The van der Waals surface area contributed by atoms with Crippen LogP contribution in [0.15, 0.2) is 22.9 Å². The standard InChI is InChI=1S/C12H20BrNOSi/c1-12(2,3)16(4,5)15-9-10-8-14-7-6-11(10)13/h6-8H,9H2,1-5H3. The summed E-state index contributed by atoms with van der Waals surface area (Å²) in [6.07, 6.45) is 3.64. The molecular weight excluding hydrogens is 282 g/mol. The van der Waals surface area contributed by atoms with E-state index >= 15 is 0 Å². The molecule has 0 saturated carbocycles. The van der Waals surface area contributed by atoms with Gasteiger partial charge in [-0.05, 0) is 24.2 Å². The number of hydrogen-bond acceptors (Lipinski definition) is 2. The average molecular weight is 302 g/mol. The molecule has 1 aromatic rings. The molecule has 0 amide bonds. The predicted octanol–water partition coefficient (Wildman–Crippen LogP) is 4.37. The number of aromatic nitrogens is 1. The topological polar surface area (TPSA) is 22.1 Å². The molecule has 0 atom stereocenters. The molecule has 1 rings (SSSR count). The fraction of sp³-hybridized carbons (Fsp3) is 0.583. The van der Waals surface area contributed by atoms with E-state index in [2.05, 4.69) is 54.8 Å². The number of hydrogen-bond donors (Lipinski definition) is 0. The largest absolute Gasteiger partial charge is 0.412 e. The van der Waals surface area contributed by atoms with Crippen LogP contribution < -0.4 is 0 Å². The van der Waals surface area contributed by atoms with E-state index in [1.165, 1.54) is 0 Å². The van der Waals surface area contributed by atoms with E-state index in [0.29, 0.717) is 6.61 Å². The first-order valence-corrected chi connectivity index (χ1v) is 9.16. The average Bonchev–Trinajstić information content (AvgIpc) is 2.15. The van der Waals surface area contributed by atoms with Gasteiger partial charge in [0.15, 0.2) is 8.32 Å². The maximum Gasteiger partial charge on any atom is 0.192 e. The Kier molecular flexibility index (Phi) is 4.32. The predicted molar refractivity (Wildman–Crippen MR) is 73.9 cm³/mol. The van der Waals surface area contributed by atoms with Gasteiger partial charge in [-0.25, -0.2) is 0 Å². The summed E-state index contributed by atoms with van der Waals surface area (Å²) in [6, 6.07) is 1.95. The summed E-state index contributed by atoms with van der Waals surface area (Å²) in [5.41, 5.74) is 1.12. The smallest absolute Gasteiger partial charge is 0.192 e. The molecule has 1 aromatic heterocycles. The van der Waals surface area contributed by atoms with Gasteiger partial charge in [-0.1, -0.05) is 36.7 Å². The minimum Gasteiger partial charge on any atom is -0.412 e. The van der Waals surface area contributed by atoms with Crippen molar-refractivity contribution in [2.45, 2.75) is 45.5 Å². The van der Waals surface area contributed by atoms with Crippen LogP contribution in [-0.2, 0) is 11.0 Å². The fourth-order valence-corrected chi connectivity index (χ4v) is 2.28. The Balaban J connectivity index is 2.69. The van der Waals surface area contributed by atoms with Crippen molar-refractivity contribution in [2.24, 2.45) is 0 Å². The lowest BCUT2D eigenvalue weighted by atomic mass is 10.2. The van der Waals surface area contributed by atoms with Crippen molar-refractivity contribution in [3.05, 3.63) is 28.5 Å². The molecule has 0 N–H and O–H groups in total. The summed E-state index contributed by atoms with van der Waals surface area (Å²) >= 11 is 3.51. The van der Waals surface area contributed by atoms with Crippen LogP contribution in [0.4, 0.5) is 0 Å². The molecule has 0 aromatic carbocycles. The molecule has 1 heterocycles. The zero-order valence-electron chi connectivity index (χ0n) is 10.7. The SMILES string of the molecule is CC(C)(C)[Si](C)(C)OCc1cnccc1Br. The Labute approximate surface area is 108 Å². The Morgan fingerprint density at radius 1 is 1.38 bits per heavy atom. The third kappa shape index (κ3) is 3.40. The van der Waals surface area contributed by atoms with Gasteiger partial charge in [0.2, 0.25) is 0 Å². The lowest BCUT2D eigenvalue weighted by Gasteiger charge is -2.36. The second kappa shape index (κ2) is 4.98. The molecule has 90 valence electrons. The van der Waals surface area contributed by atoms with Crippen LogP contribution in [0.5, 0.6) is 0 Å². The molecule has 16 heavy (non-hydrogen) atoms. The first-order chi connectivity index (χ1) is 7.24. The molecule has 0 aliphatic carbocycles. The van der Waals surface area contributed by atoms with Gasteiger partial charge in [0.1, 0.15) is 0 Å². The van der Waals surface area contributed by atoms with Crippen molar-refractivity contribution >= 4 is 24.2 Å². The Bertz CT molecular complexity index is 360. The Morgan fingerprint density at radius 3 is 2.50 bits per heavy atom. The summed E-state index contributed by atoms with van der Waals surface area (Å²) < 4.78 is 7.20. The van der Waals surface area contributed by atoms with Gasteiger partial charge in [-0.3, -0.25) is 4.98 Å². The molecule has 0 aliphatic rings. The number of nitrogens with zero attached hydrogens (tertiary/aromatic N) is 1. The highest BCUT2D eigenvalue weighted by Gasteiger charge is 2.37. The van der Waals surface area contributed by atoms with Crippen LogP contribution in [0.2, 0.25) is 18.1 Å². The van der Waals surface area contributed by atoms with Crippen molar-refractivity contribution in [1.29, 1.82) is 0 Å². The molecule has 0 radical (unpaired) electrons. The van der Waals surface area contributed by atoms with Gasteiger partial charge in [0.05, 0.1) is 6.61 Å². The second-order valence-corrected chi connectivity index (χ2v) is 11.2. The number of halogens is 1. The van der Waals surface area contributed by atoms with Crippen molar-refractivity contribution in [3.63, 3.8) is 0 Å². The molecule has 0 fully saturated rings. The molecule has 4 heteroatoms. The molecule has 0 saturated heterocycles. The summed E-state index contributed by atoms with van der Waals surface area (Å²) in [6.45, 7) is 11.9. The lowest BCUT2D eigenvalue weighted by molar-refractivity contribution is 0.275. The van der Waals surface area contributed by atoms with E-state index in [1.807, 2.05) is 12.3 Å². The van der Waals surface area contributed by atoms with E-state index in [1.54, 1.807) is 6.20 Å². The van der Waals surface area contributed by atoms with Gasteiger partial charge in [-0.2, -0.15) is 0 Å². The molecule has 0 aliphatic heterocycles. The lowest BCUT2D eigenvalue weighted by Crippen LogP contribution is -2.40. The third-order valence-corrected chi connectivity index (χ3v) is 8.49. The molecule has 2 nitrogen and oxygen atoms in total. The quantitative estimate of drug-likeness (QED) is 0.774. The highest BCUT2D eigenvalue weighted by atomic mass is 79.9. The summed E-state index contributed by atoms with van der Waals surface area (Å²) in [5, 5.41) is 0.252. The van der Waals surface area contributed by atoms with E-state index in [9.17, 15) is 0 Å².